The van der Waals surface area contributed by atoms with Crippen LogP contribution in [0.1, 0.15) is 43.1 Å². The Morgan fingerprint density at radius 1 is 1.22 bits per heavy atom. The van der Waals surface area contributed by atoms with Crippen molar-refractivity contribution < 1.29 is 13.9 Å². The third-order valence-electron chi connectivity index (χ3n) is 5.79. The highest BCUT2D eigenvalue weighted by atomic mass is 79.9. The number of hydrogen-bond donors (Lipinski definition) is 0. The lowest BCUT2D eigenvalue weighted by molar-refractivity contribution is 0.280. The molecule has 1 aromatic heterocycles. The Bertz CT molecular complexity index is 1510. The molecule has 9 heteroatoms. The first-order chi connectivity index (χ1) is 17.3. The molecule has 36 heavy (non-hydrogen) atoms. The average molecular weight is 573 g/mol. The molecule has 4 rings (SSSR count). The normalized spacial score (nSPS) is 12.3. The molecule has 0 radical (unpaired) electrons. The SMILES string of the molecule is CC[C@@H](C)c1nc2ccc(Br)cc2c(=O)n1N=Cc1cc(Cl)c(OCc2ccccc2F)c(OC)c1. The second kappa shape index (κ2) is 11.2. The Labute approximate surface area is 221 Å². The number of aromatic nitrogens is 2. The molecule has 0 aliphatic carbocycles. The van der Waals surface area contributed by atoms with E-state index in [9.17, 15) is 9.18 Å². The van der Waals surface area contributed by atoms with Crippen molar-refractivity contribution in [2.24, 2.45) is 5.10 Å². The van der Waals surface area contributed by atoms with Crippen LogP contribution in [-0.4, -0.2) is 23.0 Å². The standard InChI is InChI=1S/C27H24BrClFN3O3/c1-4-16(2)26-32-23-10-9-19(28)13-20(23)27(34)33(26)31-14-17-11-21(29)25(24(12-17)35-3)36-15-18-7-5-6-8-22(18)30/h5-14,16H,4,15H2,1-3H3/t16-/m1/s1. The minimum atomic E-state index is -0.366. The van der Waals surface area contributed by atoms with E-state index < -0.39 is 0 Å². The van der Waals surface area contributed by atoms with Gasteiger partial charge in [0.2, 0.25) is 0 Å². The smallest absolute Gasteiger partial charge is 0.282 e. The molecule has 6 nitrogen and oxygen atoms in total. The lowest BCUT2D eigenvalue weighted by Crippen LogP contribution is -2.23. The predicted octanol–water partition coefficient (Wildman–Crippen LogP) is 6.93. The zero-order valence-electron chi connectivity index (χ0n) is 20.0. The number of nitrogens with zero attached hydrogens (tertiary/aromatic N) is 3. The van der Waals surface area contributed by atoms with Gasteiger partial charge >= 0.3 is 0 Å². The summed E-state index contributed by atoms with van der Waals surface area (Å²) in [5, 5.41) is 5.20. The van der Waals surface area contributed by atoms with Gasteiger partial charge in [-0.15, -0.1) is 0 Å². The predicted molar refractivity (Wildman–Crippen MR) is 144 cm³/mol. The van der Waals surface area contributed by atoms with E-state index in [1.54, 1.807) is 36.4 Å². The van der Waals surface area contributed by atoms with Gasteiger partial charge in [-0.3, -0.25) is 4.79 Å². The topological polar surface area (TPSA) is 65.7 Å². The maximum Gasteiger partial charge on any atom is 0.282 e. The van der Waals surface area contributed by atoms with Crippen molar-refractivity contribution in [1.29, 1.82) is 0 Å². The van der Waals surface area contributed by atoms with Crippen molar-refractivity contribution in [1.82, 2.24) is 9.66 Å². The van der Waals surface area contributed by atoms with E-state index in [0.29, 0.717) is 33.6 Å². The maximum atomic E-state index is 14.0. The third-order valence-corrected chi connectivity index (χ3v) is 6.56. The zero-order valence-corrected chi connectivity index (χ0v) is 22.3. The molecule has 186 valence electrons. The number of halogens is 3. The van der Waals surface area contributed by atoms with Gasteiger partial charge in [0.15, 0.2) is 11.5 Å². The second-order valence-corrected chi connectivity index (χ2v) is 9.54. The van der Waals surface area contributed by atoms with Crippen molar-refractivity contribution in [2.45, 2.75) is 32.8 Å². The summed E-state index contributed by atoms with van der Waals surface area (Å²) in [4.78, 5) is 18.0. The minimum absolute atomic E-state index is 0.00942. The van der Waals surface area contributed by atoms with E-state index >= 15 is 0 Å². The quantitative estimate of drug-likeness (QED) is 0.215. The van der Waals surface area contributed by atoms with Crippen LogP contribution in [-0.2, 0) is 6.61 Å². The first kappa shape index (κ1) is 25.9. The van der Waals surface area contributed by atoms with Crippen LogP contribution in [0.15, 0.2) is 69.0 Å². The van der Waals surface area contributed by atoms with Crippen molar-refractivity contribution in [3.63, 3.8) is 0 Å². The summed E-state index contributed by atoms with van der Waals surface area (Å²) in [7, 11) is 1.49. The zero-order chi connectivity index (χ0) is 25.8. The van der Waals surface area contributed by atoms with Crippen LogP contribution in [0, 0.1) is 5.82 Å². The van der Waals surface area contributed by atoms with Gasteiger partial charge in [0, 0.05) is 16.0 Å². The highest BCUT2D eigenvalue weighted by Gasteiger charge is 2.17. The van der Waals surface area contributed by atoms with E-state index in [1.165, 1.54) is 24.1 Å². The molecule has 1 heterocycles. The van der Waals surface area contributed by atoms with Crippen molar-refractivity contribution >= 4 is 44.6 Å². The van der Waals surface area contributed by atoms with Crippen LogP contribution in [0.4, 0.5) is 4.39 Å². The van der Waals surface area contributed by atoms with Gasteiger partial charge in [-0.1, -0.05) is 59.6 Å². The van der Waals surface area contributed by atoms with Crippen LogP contribution >= 0.6 is 27.5 Å². The number of fused-ring (bicyclic) bond motifs is 1. The minimum Gasteiger partial charge on any atom is -0.493 e. The first-order valence-electron chi connectivity index (χ1n) is 11.3. The fourth-order valence-electron chi connectivity index (χ4n) is 3.62. The van der Waals surface area contributed by atoms with Gasteiger partial charge in [-0.25, -0.2) is 9.37 Å². The summed E-state index contributed by atoms with van der Waals surface area (Å²) >= 11 is 9.90. The molecule has 0 unspecified atom stereocenters. The number of ether oxygens (including phenoxy) is 2. The summed E-state index contributed by atoms with van der Waals surface area (Å²) in [6, 6.07) is 15.1. The van der Waals surface area contributed by atoms with E-state index in [1.807, 2.05) is 26.0 Å². The molecular weight excluding hydrogens is 549 g/mol. The lowest BCUT2D eigenvalue weighted by Gasteiger charge is -2.15. The van der Waals surface area contributed by atoms with Crippen LogP contribution in [0.3, 0.4) is 0 Å². The van der Waals surface area contributed by atoms with E-state index in [-0.39, 0.29) is 34.7 Å². The summed E-state index contributed by atoms with van der Waals surface area (Å²) in [6.45, 7) is 4.02. The van der Waals surface area contributed by atoms with E-state index in [2.05, 4.69) is 21.0 Å². The highest BCUT2D eigenvalue weighted by Crippen LogP contribution is 2.36. The molecule has 0 bridgehead atoms. The maximum absolute atomic E-state index is 14.0. The van der Waals surface area contributed by atoms with Gasteiger partial charge < -0.3 is 9.47 Å². The van der Waals surface area contributed by atoms with Gasteiger partial charge in [0.25, 0.3) is 5.56 Å². The summed E-state index contributed by atoms with van der Waals surface area (Å²) in [6.07, 6.45) is 2.31. The number of methoxy groups -OCH3 is 1. The third kappa shape index (κ3) is 5.44. The van der Waals surface area contributed by atoms with Gasteiger partial charge in [-0.2, -0.15) is 9.78 Å². The molecule has 0 N–H and O–H groups in total. The lowest BCUT2D eigenvalue weighted by atomic mass is 10.1. The molecule has 0 saturated heterocycles. The van der Waals surface area contributed by atoms with Gasteiger partial charge in [0.1, 0.15) is 18.2 Å². The molecule has 0 fully saturated rings. The molecule has 3 aromatic carbocycles. The molecule has 1 atom stereocenters. The summed E-state index contributed by atoms with van der Waals surface area (Å²) in [5.41, 5.74) is 1.34. The molecule has 0 aliphatic rings. The molecule has 4 aromatic rings. The van der Waals surface area contributed by atoms with Gasteiger partial charge in [-0.05, 0) is 48.4 Å². The number of benzene rings is 3. The van der Waals surface area contributed by atoms with Crippen LogP contribution < -0.4 is 15.0 Å². The fraction of sp³-hybridized carbons (Fsp3) is 0.222. The van der Waals surface area contributed by atoms with Crippen LogP contribution in [0.2, 0.25) is 5.02 Å². The Morgan fingerprint density at radius 2 is 2.00 bits per heavy atom. The first-order valence-corrected chi connectivity index (χ1v) is 12.5. The molecule has 0 amide bonds. The van der Waals surface area contributed by atoms with E-state index in [0.717, 1.165) is 10.9 Å². The average Bonchev–Trinajstić information content (AvgIpc) is 2.87. The molecular formula is C27H24BrClFN3O3. The van der Waals surface area contributed by atoms with Gasteiger partial charge in [0.05, 0.1) is 29.2 Å². The Hall–Kier alpha value is -3.23. The second-order valence-electron chi connectivity index (χ2n) is 8.22. The Kier molecular flexibility index (Phi) is 8.06. The monoisotopic (exact) mass is 571 g/mol. The fourth-order valence-corrected chi connectivity index (χ4v) is 4.26. The molecule has 0 saturated carbocycles. The van der Waals surface area contributed by atoms with E-state index in [4.69, 9.17) is 26.1 Å². The molecule has 0 aliphatic heterocycles. The summed E-state index contributed by atoms with van der Waals surface area (Å²) in [5.74, 6) is 0.853. The van der Waals surface area contributed by atoms with Crippen molar-refractivity contribution in [3.05, 3.63) is 97.2 Å². The van der Waals surface area contributed by atoms with Crippen LogP contribution in [0.5, 0.6) is 11.5 Å². The van der Waals surface area contributed by atoms with Crippen molar-refractivity contribution in [2.75, 3.05) is 7.11 Å². The Balaban J connectivity index is 1.71. The summed E-state index contributed by atoms with van der Waals surface area (Å²) < 4.78 is 27.3. The number of rotatable bonds is 8. The molecule has 0 spiro atoms. The Morgan fingerprint density at radius 3 is 2.72 bits per heavy atom. The highest BCUT2D eigenvalue weighted by molar-refractivity contribution is 9.10. The number of hydrogen-bond acceptors (Lipinski definition) is 5. The van der Waals surface area contributed by atoms with Crippen molar-refractivity contribution in [3.8, 4) is 11.5 Å². The van der Waals surface area contributed by atoms with Crippen LogP contribution in [0.25, 0.3) is 10.9 Å². The largest absolute Gasteiger partial charge is 0.493 e.